The number of rotatable bonds is 9. The van der Waals surface area contributed by atoms with Crippen molar-refractivity contribution in [3.8, 4) is 11.5 Å². The SMILES string of the molecule is CC(C)(C)OC(=O)N1C[C@H](Oc2ccccc2)[C@H]2NCC[C@H]21.CC(C)[C@H](NC(=O)OCc1ccccc1)C(=O)N1CC[C@@H]2[C@H]1[C@@H](Oc1ccccc1)CN2C(=O)OC(C)(C)C. The molecule has 61 heavy (non-hydrogen) atoms. The Morgan fingerprint density at radius 1 is 0.689 bits per heavy atom. The highest BCUT2D eigenvalue weighted by molar-refractivity contribution is 5.87. The molecule has 4 fully saturated rings. The summed E-state index contributed by atoms with van der Waals surface area (Å²) in [5.74, 6) is 1.10. The molecule has 0 aromatic heterocycles. The minimum absolute atomic E-state index is 0.0394. The summed E-state index contributed by atoms with van der Waals surface area (Å²) in [6, 6.07) is 27.4. The van der Waals surface area contributed by atoms with E-state index in [0.717, 1.165) is 24.3 Å². The van der Waals surface area contributed by atoms with Gasteiger partial charge in [-0.2, -0.15) is 0 Å². The van der Waals surface area contributed by atoms with E-state index < -0.39 is 35.5 Å². The van der Waals surface area contributed by atoms with Crippen molar-refractivity contribution in [3.63, 3.8) is 0 Å². The summed E-state index contributed by atoms with van der Waals surface area (Å²) in [7, 11) is 0. The van der Waals surface area contributed by atoms with Crippen LogP contribution in [0.5, 0.6) is 11.5 Å². The highest BCUT2D eigenvalue weighted by atomic mass is 16.6. The van der Waals surface area contributed by atoms with Crippen LogP contribution in [-0.4, -0.2) is 119 Å². The fourth-order valence-corrected chi connectivity index (χ4v) is 8.38. The molecular formula is C47H63N5O9. The van der Waals surface area contributed by atoms with Gasteiger partial charge in [0.1, 0.15) is 47.6 Å². The summed E-state index contributed by atoms with van der Waals surface area (Å²) in [6.45, 7) is 17.2. The fourth-order valence-electron chi connectivity index (χ4n) is 8.38. The van der Waals surface area contributed by atoms with Crippen molar-refractivity contribution in [3.05, 3.63) is 96.6 Å². The lowest BCUT2D eigenvalue weighted by Gasteiger charge is -2.33. The van der Waals surface area contributed by atoms with Gasteiger partial charge in [0.05, 0.1) is 37.3 Å². The number of alkyl carbamates (subject to hydrolysis) is 1. The average Bonchev–Trinajstić information content (AvgIpc) is 4.00. The van der Waals surface area contributed by atoms with Crippen molar-refractivity contribution < 1.29 is 42.9 Å². The largest absolute Gasteiger partial charge is 0.487 e. The van der Waals surface area contributed by atoms with Gasteiger partial charge in [-0.25, -0.2) is 14.4 Å². The van der Waals surface area contributed by atoms with Gasteiger partial charge >= 0.3 is 18.3 Å². The number of hydrogen-bond donors (Lipinski definition) is 2. The van der Waals surface area contributed by atoms with Gasteiger partial charge in [0.2, 0.25) is 5.91 Å². The van der Waals surface area contributed by atoms with Crippen molar-refractivity contribution in [2.45, 2.75) is 128 Å². The third-order valence-electron chi connectivity index (χ3n) is 11.0. The topological polar surface area (TPSA) is 148 Å². The van der Waals surface area contributed by atoms with Crippen LogP contribution in [0.4, 0.5) is 14.4 Å². The van der Waals surface area contributed by atoms with Gasteiger partial charge in [-0.15, -0.1) is 0 Å². The molecule has 7 rings (SSSR count). The highest BCUT2D eigenvalue weighted by Gasteiger charge is 2.55. The predicted octanol–water partition coefficient (Wildman–Crippen LogP) is 7.02. The molecule has 330 valence electrons. The van der Waals surface area contributed by atoms with Crippen LogP contribution >= 0.6 is 0 Å². The molecule has 3 aromatic rings. The molecule has 14 nitrogen and oxygen atoms in total. The van der Waals surface area contributed by atoms with Gasteiger partial charge in [-0.3, -0.25) is 14.6 Å². The maximum absolute atomic E-state index is 13.9. The quantitative estimate of drug-likeness (QED) is 0.216. The molecule has 14 heteroatoms. The number of ether oxygens (including phenoxy) is 5. The van der Waals surface area contributed by atoms with Crippen LogP contribution in [0.1, 0.15) is 73.8 Å². The Bertz CT molecular complexity index is 1920. The number of nitrogens with zero attached hydrogens (tertiary/aromatic N) is 3. The monoisotopic (exact) mass is 841 g/mol. The van der Waals surface area contributed by atoms with Crippen molar-refractivity contribution >= 4 is 24.2 Å². The van der Waals surface area contributed by atoms with E-state index >= 15 is 0 Å². The number of carbonyl (C=O) groups excluding carboxylic acids is 4. The molecule has 0 bridgehead atoms. The predicted molar refractivity (Wildman–Crippen MR) is 230 cm³/mol. The maximum Gasteiger partial charge on any atom is 0.410 e. The van der Waals surface area contributed by atoms with E-state index in [1.165, 1.54) is 0 Å². The summed E-state index contributed by atoms with van der Waals surface area (Å²) in [5, 5.41) is 6.24. The lowest BCUT2D eigenvalue weighted by Crippen LogP contribution is -2.55. The van der Waals surface area contributed by atoms with Gasteiger partial charge in [0.15, 0.2) is 0 Å². The summed E-state index contributed by atoms with van der Waals surface area (Å²) in [4.78, 5) is 57.4. The fraction of sp³-hybridized carbons (Fsp3) is 0.532. The third kappa shape index (κ3) is 11.9. The summed E-state index contributed by atoms with van der Waals surface area (Å²) in [6.07, 6.45) is -0.275. The minimum Gasteiger partial charge on any atom is -0.487 e. The first kappa shape index (κ1) is 45.0. The van der Waals surface area contributed by atoms with Crippen LogP contribution < -0.4 is 20.1 Å². The molecule has 0 saturated carbocycles. The van der Waals surface area contributed by atoms with Crippen LogP contribution in [0, 0.1) is 5.92 Å². The number of fused-ring (bicyclic) bond motifs is 2. The number of likely N-dealkylation sites (tertiary alicyclic amines) is 3. The second kappa shape index (κ2) is 19.5. The first-order chi connectivity index (χ1) is 29.0. The molecule has 3 aromatic carbocycles. The first-order valence-electron chi connectivity index (χ1n) is 21.4. The molecular weight excluding hydrogens is 779 g/mol. The molecule has 4 amide bonds. The summed E-state index contributed by atoms with van der Waals surface area (Å²) >= 11 is 0. The number of para-hydroxylation sites is 2. The normalized spacial score (nSPS) is 23.6. The average molecular weight is 842 g/mol. The molecule has 4 saturated heterocycles. The zero-order valence-corrected chi connectivity index (χ0v) is 36.7. The Kier molecular flexibility index (Phi) is 14.4. The summed E-state index contributed by atoms with van der Waals surface area (Å²) < 4.78 is 29.0. The lowest BCUT2D eigenvalue weighted by atomic mass is 10.0. The number of amides is 4. The van der Waals surface area contributed by atoms with Crippen molar-refractivity contribution in [2.75, 3.05) is 26.2 Å². The minimum atomic E-state index is -0.792. The smallest absolute Gasteiger partial charge is 0.410 e. The highest BCUT2D eigenvalue weighted by Crippen LogP contribution is 2.36. The molecule has 0 radical (unpaired) electrons. The zero-order valence-electron chi connectivity index (χ0n) is 36.7. The molecule has 4 aliphatic heterocycles. The van der Waals surface area contributed by atoms with Crippen molar-refractivity contribution in [2.24, 2.45) is 5.92 Å². The maximum atomic E-state index is 13.9. The number of benzene rings is 3. The number of nitrogens with one attached hydrogen (secondary N) is 2. The van der Waals surface area contributed by atoms with Crippen molar-refractivity contribution in [1.82, 2.24) is 25.3 Å². The standard InChI is InChI=1S/C30H39N3O6.C17H24N2O3/c1-20(2)25(31-28(35)37-19-21-12-8-6-9-13-21)27(34)32-17-16-23-26(32)24(38-22-14-10-7-11-15-22)18-33(23)29(36)39-30(3,4)5;1-17(2,3)22-16(20)19-11-14(15-13(19)9-10-18-15)21-12-7-5-4-6-8-12/h6-15,20,23-26H,16-19H2,1-5H3,(H,31,35);4-8,13-15,18H,9-11H2,1-3H3/t23-,24+,25+,26+;13-,14+,15+/m11/s1. The van der Waals surface area contributed by atoms with Crippen LogP contribution in [0.2, 0.25) is 0 Å². The summed E-state index contributed by atoms with van der Waals surface area (Å²) in [5.41, 5.74) is -0.264. The van der Waals surface area contributed by atoms with Gasteiger partial charge < -0.3 is 39.2 Å². The van der Waals surface area contributed by atoms with Gasteiger partial charge in [0.25, 0.3) is 0 Å². The molecule has 7 atom stereocenters. The zero-order chi connectivity index (χ0) is 43.9. The lowest BCUT2D eigenvalue weighted by molar-refractivity contribution is -0.136. The molecule has 4 aliphatic rings. The van der Waals surface area contributed by atoms with E-state index in [0.29, 0.717) is 31.8 Å². The van der Waals surface area contributed by atoms with E-state index in [1.807, 2.05) is 151 Å². The van der Waals surface area contributed by atoms with E-state index in [2.05, 4.69) is 10.6 Å². The van der Waals surface area contributed by atoms with Gasteiger partial charge in [0, 0.05) is 6.54 Å². The van der Waals surface area contributed by atoms with E-state index in [9.17, 15) is 19.2 Å². The molecule has 0 unspecified atom stereocenters. The first-order valence-corrected chi connectivity index (χ1v) is 21.4. The Balaban J connectivity index is 0.000000238. The van der Waals surface area contributed by atoms with Crippen LogP contribution in [-0.2, 0) is 25.6 Å². The van der Waals surface area contributed by atoms with Crippen molar-refractivity contribution in [1.29, 1.82) is 0 Å². The van der Waals surface area contributed by atoms with Gasteiger partial charge in [-0.1, -0.05) is 80.6 Å². The number of carbonyl (C=O) groups is 4. The Hall–Kier alpha value is -5.50. The molecule has 0 spiro atoms. The van der Waals surface area contributed by atoms with Crippen LogP contribution in [0.3, 0.4) is 0 Å². The molecule has 0 aliphatic carbocycles. The molecule has 2 N–H and O–H groups in total. The van der Waals surface area contributed by atoms with Crippen LogP contribution in [0.15, 0.2) is 91.0 Å². The third-order valence-corrected chi connectivity index (χ3v) is 11.0. The second-order valence-corrected chi connectivity index (χ2v) is 18.3. The van der Waals surface area contributed by atoms with E-state index in [1.54, 1.807) is 9.80 Å². The van der Waals surface area contributed by atoms with Gasteiger partial charge in [-0.05, 0) is 96.7 Å². The van der Waals surface area contributed by atoms with Crippen LogP contribution in [0.25, 0.3) is 0 Å². The second-order valence-electron chi connectivity index (χ2n) is 18.3. The Morgan fingerprint density at radius 2 is 1.20 bits per heavy atom. The van der Waals surface area contributed by atoms with E-state index in [-0.39, 0.29) is 54.8 Å². The van der Waals surface area contributed by atoms with E-state index in [4.69, 9.17) is 23.7 Å². The Labute approximate surface area is 360 Å². The number of hydrogen-bond acceptors (Lipinski definition) is 10. The Morgan fingerprint density at radius 3 is 1.74 bits per heavy atom. The molecule has 4 heterocycles.